The third-order valence-electron chi connectivity index (χ3n) is 10.6. The average molecular weight is 694 g/mol. The monoisotopic (exact) mass is 693 g/mol. The van der Waals surface area contributed by atoms with Crippen LogP contribution in [0.3, 0.4) is 0 Å². The molecule has 7 rings (SSSR count). The summed E-state index contributed by atoms with van der Waals surface area (Å²) in [6, 6.07) is 36.4. The number of phenols is 4. The number of rotatable bonds is 4. The number of nitrogen functional groups attached to an aromatic ring is 1. The predicted octanol–water partition coefficient (Wildman–Crippen LogP) is 8.93. The van der Waals surface area contributed by atoms with E-state index in [0.29, 0.717) is 23.0 Å². The van der Waals surface area contributed by atoms with Crippen LogP contribution < -0.4 is 5.73 Å². The summed E-state index contributed by atoms with van der Waals surface area (Å²) >= 11 is 0. The Morgan fingerprint density at radius 3 is 0.902 bits per heavy atom. The lowest BCUT2D eigenvalue weighted by molar-refractivity contribution is 0.345. The van der Waals surface area contributed by atoms with Gasteiger partial charge in [-0.2, -0.15) is 0 Å². The Balaban J connectivity index is 0.000000216. The highest BCUT2D eigenvalue weighted by Crippen LogP contribution is 2.46. The van der Waals surface area contributed by atoms with Crippen LogP contribution >= 0.6 is 0 Å². The number of aromatic hydroxyl groups is 4. The summed E-state index contributed by atoms with van der Waals surface area (Å²) in [7, 11) is 0. The van der Waals surface area contributed by atoms with Crippen molar-refractivity contribution in [3.8, 4) is 23.0 Å². The Labute approximate surface area is 302 Å². The summed E-state index contributed by atoms with van der Waals surface area (Å²) in [5.74, 6) is 1.24. The molecule has 272 valence electrons. The molecule has 2 fully saturated rings. The van der Waals surface area contributed by atoms with Crippen molar-refractivity contribution in [2.75, 3.05) is 5.73 Å². The molecule has 7 heteroatoms. The lowest BCUT2D eigenvalue weighted by atomic mass is 9.65. The Kier molecular flexibility index (Phi) is 14.5. The smallest absolute Gasteiger partial charge is 0.115 e. The highest BCUT2D eigenvalue weighted by molar-refractivity contribution is 5.45. The van der Waals surface area contributed by atoms with Gasteiger partial charge in [-0.15, -0.1) is 0 Å². The molecular formula is C44H55NO6. The van der Waals surface area contributed by atoms with Crippen LogP contribution in [0.15, 0.2) is 115 Å². The molecule has 0 amide bonds. The van der Waals surface area contributed by atoms with Gasteiger partial charge in [-0.05, 0) is 134 Å². The first-order valence-electron chi connectivity index (χ1n) is 17.6. The molecule has 0 heterocycles. The van der Waals surface area contributed by atoms with Crippen LogP contribution in [0.5, 0.6) is 23.0 Å². The van der Waals surface area contributed by atoms with Crippen molar-refractivity contribution in [1.82, 2.24) is 0 Å². The summed E-state index contributed by atoms with van der Waals surface area (Å²) in [6.45, 7) is 4.14. The third kappa shape index (κ3) is 9.84. The zero-order valence-corrected chi connectivity index (χ0v) is 29.9. The Bertz CT molecular complexity index is 1550. The maximum atomic E-state index is 9.51. The zero-order valence-electron chi connectivity index (χ0n) is 29.9. The van der Waals surface area contributed by atoms with E-state index in [1.54, 1.807) is 48.5 Å². The molecule has 2 aliphatic rings. The van der Waals surface area contributed by atoms with Crippen molar-refractivity contribution < 1.29 is 31.4 Å². The van der Waals surface area contributed by atoms with Gasteiger partial charge in [-0.25, -0.2) is 0 Å². The van der Waals surface area contributed by atoms with Gasteiger partial charge in [0.1, 0.15) is 23.0 Å². The van der Waals surface area contributed by atoms with E-state index < -0.39 is 0 Å². The van der Waals surface area contributed by atoms with E-state index in [9.17, 15) is 20.4 Å². The SMILES string of the molecule is Cc1ccc(N)cc1C.O.O.Oc1ccc(C2(c3ccc(O)cc3)CCCCC2)cc1.Oc1ccc(C2(c3ccc(O)cc3)CCCCC2)cc1. The van der Waals surface area contributed by atoms with E-state index in [1.165, 1.54) is 71.9 Å². The van der Waals surface area contributed by atoms with Crippen LogP contribution in [0.1, 0.15) is 97.6 Å². The van der Waals surface area contributed by atoms with Gasteiger partial charge in [0.05, 0.1) is 0 Å². The molecular weight excluding hydrogens is 638 g/mol. The molecule has 0 atom stereocenters. The van der Waals surface area contributed by atoms with Crippen LogP contribution in [-0.4, -0.2) is 31.4 Å². The van der Waals surface area contributed by atoms with Crippen LogP contribution in [0.25, 0.3) is 0 Å². The minimum atomic E-state index is 0. The fraction of sp³-hybridized carbons (Fsp3) is 0.318. The fourth-order valence-corrected chi connectivity index (χ4v) is 7.69. The van der Waals surface area contributed by atoms with Crippen molar-refractivity contribution in [3.05, 3.63) is 149 Å². The van der Waals surface area contributed by atoms with Crippen LogP contribution in [0.2, 0.25) is 0 Å². The van der Waals surface area contributed by atoms with E-state index in [-0.39, 0.29) is 21.8 Å². The van der Waals surface area contributed by atoms with Crippen molar-refractivity contribution in [2.45, 2.75) is 88.9 Å². The second-order valence-corrected chi connectivity index (χ2v) is 13.8. The summed E-state index contributed by atoms with van der Waals surface area (Å²) in [4.78, 5) is 0. The van der Waals surface area contributed by atoms with Gasteiger partial charge in [0.15, 0.2) is 0 Å². The first kappa shape index (κ1) is 40.4. The second-order valence-electron chi connectivity index (χ2n) is 13.8. The topological polar surface area (TPSA) is 170 Å². The van der Waals surface area contributed by atoms with E-state index >= 15 is 0 Å². The summed E-state index contributed by atoms with van der Waals surface area (Å²) < 4.78 is 0. The van der Waals surface area contributed by atoms with E-state index in [1.807, 2.05) is 66.7 Å². The largest absolute Gasteiger partial charge is 0.508 e. The summed E-state index contributed by atoms with van der Waals surface area (Å²) in [5.41, 5.74) is 14.0. The molecule has 0 bridgehead atoms. The minimum absolute atomic E-state index is 0. The van der Waals surface area contributed by atoms with E-state index in [4.69, 9.17) is 5.73 Å². The van der Waals surface area contributed by atoms with Crippen molar-refractivity contribution in [2.24, 2.45) is 0 Å². The van der Waals surface area contributed by atoms with Crippen molar-refractivity contribution >= 4 is 5.69 Å². The Hall–Kier alpha value is -4.98. The molecule has 0 aromatic heterocycles. The van der Waals surface area contributed by atoms with Gasteiger partial charge >= 0.3 is 0 Å². The normalized spacial score (nSPS) is 15.6. The second kappa shape index (κ2) is 18.3. The number of phenolic OH excluding ortho intramolecular Hbond substituents is 4. The van der Waals surface area contributed by atoms with E-state index in [0.717, 1.165) is 31.4 Å². The number of hydrogen-bond donors (Lipinski definition) is 5. The van der Waals surface area contributed by atoms with Gasteiger partial charge in [0.25, 0.3) is 0 Å². The predicted molar refractivity (Wildman–Crippen MR) is 208 cm³/mol. The standard InChI is InChI=1S/2C18H20O2.C8H11N.2H2O/c2*19-16-8-4-14(5-9-16)18(12-2-1-3-13-18)15-6-10-17(20)11-7-15;1-6-3-4-8(9)5-7(6)2;;/h2*4-11,19-20H,1-3,12-13H2;3-5H,9H2,1-2H3;2*1H2. The van der Waals surface area contributed by atoms with Crippen LogP contribution in [0, 0.1) is 13.8 Å². The van der Waals surface area contributed by atoms with Crippen LogP contribution in [0.4, 0.5) is 5.69 Å². The van der Waals surface area contributed by atoms with E-state index in [2.05, 4.69) is 13.8 Å². The Morgan fingerprint density at radius 1 is 0.392 bits per heavy atom. The minimum Gasteiger partial charge on any atom is -0.508 e. The molecule has 0 spiro atoms. The first-order chi connectivity index (χ1) is 23.6. The fourth-order valence-electron chi connectivity index (χ4n) is 7.69. The van der Waals surface area contributed by atoms with Crippen molar-refractivity contribution in [1.29, 1.82) is 0 Å². The molecule has 0 saturated heterocycles. The molecule has 7 nitrogen and oxygen atoms in total. The number of hydrogen-bond acceptors (Lipinski definition) is 5. The zero-order chi connectivity index (χ0) is 34.9. The van der Waals surface area contributed by atoms with Gasteiger partial charge < -0.3 is 37.1 Å². The molecule has 0 unspecified atom stereocenters. The molecule has 10 N–H and O–H groups in total. The Morgan fingerprint density at radius 2 is 0.667 bits per heavy atom. The maximum Gasteiger partial charge on any atom is 0.115 e. The first-order valence-corrected chi connectivity index (χ1v) is 17.6. The molecule has 51 heavy (non-hydrogen) atoms. The molecule has 0 radical (unpaired) electrons. The average Bonchev–Trinajstić information content (AvgIpc) is 3.12. The number of benzene rings is 5. The van der Waals surface area contributed by atoms with Gasteiger partial charge in [0, 0.05) is 16.5 Å². The number of anilines is 1. The lowest BCUT2D eigenvalue weighted by Crippen LogP contribution is -2.30. The molecule has 5 aromatic carbocycles. The summed E-state index contributed by atoms with van der Waals surface area (Å²) in [5, 5.41) is 38.1. The maximum absolute atomic E-state index is 9.51. The highest BCUT2D eigenvalue weighted by Gasteiger charge is 2.36. The van der Waals surface area contributed by atoms with Crippen molar-refractivity contribution in [3.63, 3.8) is 0 Å². The van der Waals surface area contributed by atoms with Crippen LogP contribution in [-0.2, 0) is 10.8 Å². The molecule has 2 saturated carbocycles. The number of aryl methyl sites for hydroxylation is 2. The summed E-state index contributed by atoms with van der Waals surface area (Å²) in [6.07, 6.45) is 12.0. The molecule has 5 aromatic rings. The quantitative estimate of drug-likeness (QED) is 0.118. The number of nitrogens with two attached hydrogens (primary N) is 1. The highest BCUT2D eigenvalue weighted by atomic mass is 16.3. The van der Waals surface area contributed by atoms with Gasteiger partial charge in [-0.3, -0.25) is 0 Å². The lowest BCUT2D eigenvalue weighted by Gasteiger charge is -2.38. The molecule has 2 aliphatic carbocycles. The third-order valence-corrected chi connectivity index (χ3v) is 10.6. The van der Waals surface area contributed by atoms with Gasteiger partial charge in [-0.1, -0.05) is 93.1 Å². The van der Waals surface area contributed by atoms with Gasteiger partial charge in [0.2, 0.25) is 0 Å². The molecule has 0 aliphatic heterocycles.